The van der Waals surface area contributed by atoms with Crippen molar-refractivity contribution in [2.75, 3.05) is 16.8 Å². The Hall–Kier alpha value is -3.40. The first-order valence-electron chi connectivity index (χ1n) is 9.56. The van der Waals surface area contributed by atoms with Crippen LogP contribution in [-0.4, -0.2) is 18.4 Å². The maximum atomic E-state index is 12.6. The van der Waals surface area contributed by atoms with Gasteiger partial charge in [0, 0.05) is 29.9 Å². The smallest absolute Gasteiger partial charge is 0.255 e. The van der Waals surface area contributed by atoms with Gasteiger partial charge in [0.25, 0.3) is 5.91 Å². The molecule has 1 aliphatic rings. The second kappa shape index (κ2) is 7.69. The molecule has 1 heterocycles. The van der Waals surface area contributed by atoms with Crippen LogP contribution >= 0.6 is 0 Å². The first-order valence-corrected chi connectivity index (χ1v) is 9.56. The van der Waals surface area contributed by atoms with Crippen LogP contribution in [0.5, 0.6) is 0 Å². The summed E-state index contributed by atoms with van der Waals surface area (Å²) in [6.07, 6.45) is 1.22. The molecule has 0 fully saturated rings. The highest BCUT2D eigenvalue weighted by atomic mass is 16.2. The SMILES string of the molecule is CCN1C(=O)CCc2cc(NC(=O)c3ccc(-c4ccccc4)cc3)ccc21. The molecular formula is C24H22N2O2. The number of fused-ring (bicyclic) bond motifs is 1. The molecule has 0 atom stereocenters. The summed E-state index contributed by atoms with van der Waals surface area (Å²) >= 11 is 0. The number of carbonyl (C=O) groups excluding carboxylic acids is 2. The summed E-state index contributed by atoms with van der Waals surface area (Å²) in [5, 5.41) is 2.97. The Labute approximate surface area is 164 Å². The Balaban J connectivity index is 1.50. The Morgan fingerprint density at radius 1 is 0.929 bits per heavy atom. The molecule has 4 rings (SSSR count). The molecule has 4 heteroatoms. The van der Waals surface area contributed by atoms with E-state index in [-0.39, 0.29) is 11.8 Å². The fourth-order valence-electron chi connectivity index (χ4n) is 3.63. The molecule has 140 valence electrons. The maximum Gasteiger partial charge on any atom is 0.255 e. The first kappa shape index (κ1) is 18.0. The molecule has 0 radical (unpaired) electrons. The third kappa shape index (κ3) is 3.54. The summed E-state index contributed by atoms with van der Waals surface area (Å²) in [6, 6.07) is 23.4. The average Bonchev–Trinajstić information content (AvgIpc) is 2.74. The summed E-state index contributed by atoms with van der Waals surface area (Å²) in [6.45, 7) is 2.63. The molecule has 0 aliphatic carbocycles. The van der Waals surface area contributed by atoms with Crippen molar-refractivity contribution < 1.29 is 9.59 Å². The second-order valence-corrected chi connectivity index (χ2v) is 6.88. The van der Waals surface area contributed by atoms with E-state index in [1.807, 2.05) is 79.7 Å². The number of rotatable bonds is 4. The lowest BCUT2D eigenvalue weighted by Gasteiger charge is -2.28. The molecule has 1 N–H and O–H groups in total. The molecule has 2 amide bonds. The number of amides is 2. The van der Waals surface area contributed by atoms with Crippen LogP contribution in [0.2, 0.25) is 0 Å². The van der Waals surface area contributed by atoms with E-state index in [4.69, 9.17) is 0 Å². The Morgan fingerprint density at radius 3 is 2.36 bits per heavy atom. The van der Waals surface area contributed by atoms with Crippen molar-refractivity contribution in [1.82, 2.24) is 0 Å². The van der Waals surface area contributed by atoms with E-state index in [0.717, 1.165) is 28.1 Å². The minimum Gasteiger partial charge on any atom is -0.322 e. The minimum absolute atomic E-state index is 0.140. The Kier molecular flexibility index (Phi) is 4.94. The van der Waals surface area contributed by atoms with Gasteiger partial charge in [0.15, 0.2) is 0 Å². The van der Waals surface area contributed by atoms with Gasteiger partial charge in [-0.2, -0.15) is 0 Å². The van der Waals surface area contributed by atoms with Gasteiger partial charge in [0.05, 0.1) is 0 Å². The Morgan fingerprint density at radius 2 is 1.64 bits per heavy atom. The van der Waals surface area contributed by atoms with Crippen LogP contribution in [0, 0.1) is 0 Å². The van der Waals surface area contributed by atoms with Crippen LogP contribution in [0.4, 0.5) is 11.4 Å². The first-order chi connectivity index (χ1) is 13.7. The normalized spacial score (nSPS) is 13.2. The van der Waals surface area contributed by atoms with E-state index >= 15 is 0 Å². The van der Waals surface area contributed by atoms with Gasteiger partial charge in [0.1, 0.15) is 0 Å². The number of nitrogens with one attached hydrogen (secondary N) is 1. The molecule has 0 spiro atoms. The molecule has 0 unspecified atom stereocenters. The maximum absolute atomic E-state index is 12.6. The zero-order valence-corrected chi connectivity index (χ0v) is 15.8. The quantitative estimate of drug-likeness (QED) is 0.710. The lowest BCUT2D eigenvalue weighted by molar-refractivity contribution is -0.118. The minimum atomic E-state index is -0.140. The fraction of sp³-hybridized carbons (Fsp3) is 0.167. The topological polar surface area (TPSA) is 49.4 Å². The lowest BCUT2D eigenvalue weighted by Crippen LogP contribution is -2.34. The van der Waals surface area contributed by atoms with Crippen molar-refractivity contribution in [2.24, 2.45) is 0 Å². The van der Waals surface area contributed by atoms with Crippen molar-refractivity contribution in [2.45, 2.75) is 19.8 Å². The van der Waals surface area contributed by atoms with E-state index in [1.54, 1.807) is 4.90 Å². The summed E-state index contributed by atoms with van der Waals surface area (Å²) in [5.41, 5.74) is 5.61. The highest BCUT2D eigenvalue weighted by Crippen LogP contribution is 2.30. The van der Waals surface area contributed by atoms with Gasteiger partial charge in [-0.05, 0) is 60.4 Å². The zero-order valence-electron chi connectivity index (χ0n) is 15.8. The van der Waals surface area contributed by atoms with E-state index in [9.17, 15) is 9.59 Å². The zero-order chi connectivity index (χ0) is 19.5. The predicted molar refractivity (Wildman–Crippen MR) is 113 cm³/mol. The largest absolute Gasteiger partial charge is 0.322 e. The van der Waals surface area contributed by atoms with Crippen molar-refractivity contribution >= 4 is 23.2 Å². The number of hydrogen-bond donors (Lipinski definition) is 1. The second-order valence-electron chi connectivity index (χ2n) is 6.88. The van der Waals surface area contributed by atoms with Crippen molar-refractivity contribution in [1.29, 1.82) is 0 Å². The molecule has 3 aromatic rings. The third-order valence-corrected chi connectivity index (χ3v) is 5.11. The van der Waals surface area contributed by atoms with E-state index < -0.39 is 0 Å². The number of carbonyl (C=O) groups is 2. The molecular weight excluding hydrogens is 348 g/mol. The fourth-order valence-corrected chi connectivity index (χ4v) is 3.63. The van der Waals surface area contributed by atoms with E-state index in [0.29, 0.717) is 24.9 Å². The third-order valence-electron chi connectivity index (χ3n) is 5.11. The molecule has 28 heavy (non-hydrogen) atoms. The van der Waals surface area contributed by atoms with Crippen LogP contribution in [0.3, 0.4) is 0 Å². The van der Waals surface area contributed by atoms with Gasteiger partial charge >= 0.3 is 0 Å². The van der Waals surface area contributed by atoms with Crippen LogP contribution in [0.25, 0.3) is 11.1 Å². The number of benzene rings is 3. The van der Waals surface area contributed by atoms with Crippen molar-refractivity contribution in [3.63, 3.8) is 0 Å². The van der Waals surface area contributed by atoms with Crippen molar-refractivity contribution in [3.05, 3.63) is 83.9 Å². The predicted octanol–water partition coefficient (Wildman–Crippen LogP) is 4.91. The van der Waals surface area contributed by atoms with E-state index in [1.165, 1.54) is 0 Å². The standard InChI is InChI=1S/C24H22N2O2/c1-2-26-22-14-13-21(16-20(22)12-15-23(26)27)25-24(28)19-10-8-18(9-11-19)17-6-4-3-5-7-17/h3-11,13-14,16H,2,12,15H2,1H3,(H,25,28). The van der Waals surface area contributed by atoms with Gasteiger partial charge in [-0.15, -0.1) is 0 Å². The van der Waals surface area contributed by atoms with Crippen LogP contribution in [0.15, 0.2) is 72.8 Å². The molecule has 4 nitrogen and oxygen atoms in total. The molecule has 0 bridgehead atoms. The monoisotopic (exact) mass is 370 g/mol. The molecule has 1 aliphatic heterocycles. The van der Waals surface area contributed by atoms with Gasteiger partial charge in [-0.25, -0.2) is 0 Å². The number of anilines is 2. The summed E-state index contributed by atoms with van der Waals surface area (Å²) in [7, 11) is 0. The van der Waals surface area contributed by atoms with Gasteiger partial charge < -0.3 is 10.2 Å². The highest BCUT2D eigenvalue weighted by Gasteiger charge is 2.23. The number of hydrogen-bond acceptors (Lipinski definition) is 2. The van der Waals surface area contributed by atoms with Crippen LogP contribution in [0.1, 0.15) is 29.3 Å². The number of nitrogens with zero attached hydrogens (tertiary/aromatic N) is 1. The highest BCUT2D eigenvalue weighted by molar-refractivity contribution is 6.05. The van der Waals surface area contributed by atoms with Gasteiger partial charge in [-0.1, -0.05) is 42.5 Å². The number of aryl methyl sites for hydroxylation is 1. The van der Waals surface area contributed by atoms with Crippen LogP contribution < -0.4 is 10.2 Å². The Bertz CT molecular complexity index is 1010. The van der Waals surface area contributed by atoms with Gasteiger partial charge in [-0.3, -0.25) is 9.59 Å². The molecule has 0 saturated heterocycles. The molecule has 0 aromatic heterocycles. The summed E-state index contributed by atoms with van der Waals surface area (Å²) in [4.78, 5) is 26.4. The summed E-state index contributed by atoms with van der Waals surface area (Å²) in [5.74, 6) is 0.0177. The lowest BCUT2D eigenvalue weighted by atomic mass is 10.00. The molecule has 3 aromatic carbocycles. The summed E-state index contributed by atoms with van der Waals surface area (Å²) < 4.78 is 0. The van der Waals surface area contributed by atoms with Crippen LogP contribution in [-0.2, 0) is 11.2 Å². The molecule has 0 saturated carbocycles. The van der Waals surface area contributed by atoms with Gasteiger partial charge in [0.2, 0.25) is 5.91 Å². The average molecular weight is 370 g/mol. The van der Waals surface area contributed by atoms with E-state index in [2.05, 4.69) is 5.32 Å². The van der Waals surface area contributed by atoms with Crippen molar-refractivity contribution in [3.8, 4) is 11.1 Å².